The van der Waals surface area contributed by atoms with Crippen LogP contribution >= 0.6 is 14.5 Å². The molecule has 0 aromatic carbocycles. The molecular weight excluding hydrogens is 661 g/mol. The number of nitrogens with zero attached hydrogens (tertiary/aromatic N) is 8. The summed E-state index contributed by atoms with van der Waals surface area (Å²) in [6.07, 6.45) is -3.82. The lowest BCUT2D eigenvalue weighted by Gasteiger charge is -2.28. The fraction of sp³-hybridized carbons (Fsp3) is 0.545. The minimum absolute atomic E-state index is 0.0775. The number of alkyl halides is 1. The zero-order chi connectivity index (χ0) is 31.7. The number of nitrogens with two attached hydrogens (primary N) is 2. The molecule has 45 heavy (non-hydrogen) atoms. The van der Waals surface area contributed by atoms with Crippen LogP contribution in [-0.4, -0.2) is 94.8 Å². The zero-order valence-electron chi connectivity index (χ0n) is 23.5. The molecule has 10 atom stereocenters. The highest BCUT2D eigenvalue weighted by Gasteiger charge is 2.53. The van der Waals surface area contributed by atoms with Gasteiger partial charge in [-0.25, -0.2) is 38.9 Å². The molecule has 3 aliphatic rings. The van der Waals surface area contributed by atoms with Crippen LogP contribution in [0.15, 0.2) is 25.3 Å². The number of phosphoric ester groups is 1. The maximum Gasteiger partial charge on any atom is 0.475 e. The molecule has 7 unspecified atom stereocenters. The van der Waals surface area contributed by atoms with E-state index in [2.05, 4.69) is 29.9 Å². The molecule has 2 bridgehead atoms. The highest BCUT2D eigenvalue weighted by molar-refractivity contribution is 8.07. The summed E-state index contributed by atoms with van der Waals surface area (Å²) in [7, 11) is -3.35. The molecule has 7 heterocycles. The Morgan fingerprint density at radius 3 is 2.11 bits per heavy atom. The Kier molecular flexibility index (Phi) is 7.85. The topological polar surface area (TPSA) is 241 Å². The predicted molar refractivity (Wildman–Crippen MR) is 154 cm³/mol. The van der Waals surface area contributed by atoms with Gasteiger partial charge in [-0.15, -0.1) is 0 Å². The summed E-state index contributed by atoms with van der Waals surface area (Å²) in [4.78, 5) is 35.8. The van der Waals surface area contributed by atoms with Gasteiger partial charge in [0.15, 0.2) is 41.6 Å². The quantitative estimate of drug-likeness (QED) is 0.258. The van der Waals surface area contributed by atoms with Crippen LogP contribution < -0.4 is 11.5 Å². The van der Waals surface area contributed by atoms with Crippen molar-refractivity contribution in [1.82, 2.24) is 39.0 Å². The zero-order valence-corrected chi connectivity index (χ0v) is 26.1. The Labute approximate surface area is 258 Å². The highest BCUT2D eigenvalue weighted by atomic mass is 32.5. The van der Waals surface area contributed by atoms with Gasteiger partial charge < -0.3 is 34.9 Å². The van der Waals surface area contributed by atoms with Crippen LogP contribution in [0.3, 0.4) is 0 Å². The molecule has 0 amide bonds. The standard InChI is InChI=1S/C22H27FN10O9P2S/c1-9-10-3-37-43(34,36-2)41-16-11(40-21(12(16)23)32-7-30-13-17(24)26-5-28-19(13)32)4-38-44(35,45)42-15(9)22(39-10)33-8-31-14-18(25)27-6-29-20(14)33/h5-12,15-16,21-22H,3-4H2,1-2H3,(H,35,45)(H2,24,26,28)(H2,25,27,29)/t9?,10?,11-,12?,15?,16?,21-,22-,43?,44?/m1/s1. The molecule has 3 saturated heterocycles. The van der Waals surface area contributed by atoms with Crippen molar-refractivity contribution in [3.63, 3.8) is 0 Å². The van der Waals surface area contributed by atoms with Gasteiger partial charge in [-0.1, -0.05) is 6.92 Å². The van der Waals surface area contributed by atoms with E-state index in [1.54, 1.807) is 11.5 Å². The van der Waals surface area contributed by atoms with Crippen molar-refractivity contribution < 1.29 is 45.9 Å². The number of fused-ring (bicyclic) bond motifs is 5. The number of rotatable bonds is 3. The molecule has 0 aliphatic carbocycles. The molecule has 19 nitrogen and oxygen atoms in total. The van der Waals surface area contributed by atoms with Crippen LogP contribution in [-0.2, 0) is 48.5 Å². The Hall–Kier alpha value is -2.81. The van der Waals surface area contributed by atoms with E-state index in [9.17, 15) is 9.46 Å². The van der Waals surface area contributed by atoms with Gasteiger partial charge in [-0.3, -0.25) is 22.7 Å². The monoisotopic (exact) mass is 688 g/mol. The normalized spacial score (nSPS) is 37.7. The predicted octanol–water partition coefficient (Wildman–Crippen LogP) is 1.39. The van der Waals surface area contributed by atoms with E-state index in [0.717, 1.165) is 7.11 Å². The molecule has 3 aliphatic heterocycles. The third-order valence-corrected chi connectivity index (χ3v) is 10.8. The summed E-state index contributed by atoms with van der Waals surface area (Å²) in [5, 5.41) is 0. The van der Waals surface area contributed by atoms with Gasteiger partial charge in [-0.2, -0.15) is 0 Å². The minimum atomic E-state index is -4.45. The van der Waals surface area contributed by atoms with Gasteiger partial charge in [0.1, 0.15) is 42.0 Å². The first-order valence-corrected chi connectivity index (χ1v) is 17.5. The number of ether oxygens (including phenoxy) is 2. The van der Waals surface area contributed by atoms with Crippen LogP contribution in [0.1, 0.15) is 19.4 Å². The van der Waals surface area contributed by atoms with Crippen molar-refractivity contribution in [3.8, 4) is 0 Å². The molecule has 5 N–H and O–H groups in total. The summed E-state index contributed by atoms with van der Waals surface area (Å²) in [6, 6.07) is 0. The van der Waals surface area contributed by atoms with Crippen molar-refractivity contribution in [2.24, 2.45) is 5.92 Å². The Bertz CT molecular complexity index is 1850. The third-order valence-electron chi connectivity index (χ3n) is 7.82. The molecular formula is C22H27FN10O9P2S. The number of phosphoric acid groups is 1. The minimum Gasteiger partial charge on any atom is -0.382 e. The number of anilines is 2. The smallest absolute Gasteiger partial charge is 0.382 e. The van der Waals surface area contributed by atoms with Gasteiger partial charge in [-0.05, 0) is 11.8 Å². The Morgan fingerprint density at radius 1 is 0.911 bits per heavy atom. The largest absolute Gasteiger partial charge is 0.475 e. The molecule has 0 spiro atoms. The third kappa shape index (κ3) is 5.40. The second kappa shape index (κ2) is 11.5. The van der Waals surface area contributed by atoms with Crippen LogP contribution in [0.2, 0.25) is 0 Å². The molecule has 242 valence electrons. The van der Waals surface area contributed by atoms with Crippen molar-refractivity contribution >= 4 is 60.3 Å². The number of imidazole rings is 2. The number of aromatic nitrogens is 8. The van der Waals surface area contributed by atoms with Gasteiger partial charge in [0, 0.05) is 13.0 Å². The first-order chi connectivity index (χ1) is 21.5. The lowest BCUT2D eigenvalue weighted by atomic mass is 10.0. The van der Waals surface area contributed by atoms with Crippen molar-refractivity contribution in [3.05, 3.63) is 25.3 Å². The lowest BCUT2D eigenvalue weighted by molar-refractivity contribution is -0.0638. The summed E-state index contributed by atoms with van der Waals surface area (Å²) < 4.78 is 73.0. The summed E-state index contributed by atoms with van der Waals surface area (Å²) in [5.41, 5.74) is 12.9. The molecule has 7 rings (SSSR count). The van der Waals surface area contributed by atoms with Gasteiger partial charge in [0.25, 0.3) is 0 Å². The van der Waals surface area contributed by atoms with Crippen molar-refractivity contribution in [2.75, 3.05) is 31.8 Å². The van der Waals surface area contributed by atoms with E-state index in [4.69, 9.17) is 55.4 Å². The van der Waals surface area contributed by atoms with Crippen LogP contribution in [0.4, 0.5) is 16.0 Å². The van der Waals surface area contributed by atoms with E-state index in [-0.39, 0.29) is 29.4 Å². The van der Waals surface area contributed by atoms with E-state index >= 15 is 4.39 Å². The molecule has 4 aromatic heterocycles. The van der Waals surface area contributed by atoms with E-state index in [0.29, 0.717) is 11.2 Å². The number of nitrogen functional groups attached to an aromatic ring is 2. The second-order valence-corrected chi connectivity index (χ2v) is 14.9. The number of halogens is 1. The summed E-state index contributed by atoms with van der Waals surface area (Å²) >= 11 is 5.37. The fourth-order valence-electron chi connectivity index (χ4n) is 5.50. The van der Waals surface area contributed by atoms with Crippen LogP contribution in [0.5, 0.6) is 0 Å². The number of hydrogen-bond donors (Lipinski definition) is 3. The first-order valence-electron chi connectivity index (χ1n) is 13.4. The van der Waals surface area contributed by atoms with E-state index in [1.165, 1.54) is 29.9 Å². The van der Waals surface area contributed by atoms with Gasteiger partial charge in [0.2, 0.25) is 0 Å². The van der Waals surface area contributed by atoms with E-state index in [1.807, 2.05) is 0 Å². The second-order valence-electron chi connectivity index (χ2n) is 10.4. The van der Waals surface area contributed by atoms with Crippen LogP contribution in [0, 0.1) is 5.92 Å². The average Bonchev–Trinajstić information content (AvgIpc) is 3.77. The van der Waals surface area contributed by atoms with Crippen molar-refractivity contribution in [2.45, 2.75) is 50.0 Å². The van der Waals surface area contributed by atoms with Crippen LogP contribution in [0.25, 0.3) is 22.3 Å². The number of hydrogen-bond acceptors (Lipinski definition) is 17. The van der Waals surface area contributed by atoms with E-state index < -0.39 is 70.1 Å². The summed E-state index contributed by atoms with van der Waals surface area (Å²) in [6.45, 7) is -3.20. The molecule has 4 aromatic rings. The molecule has 23 heteroatoms. The first kappa shape index (κ1) is 30.8. The summed E-state index contributed by atoms with van der Waals surface area (Å²) in [5.74, 6) is -0.310. The SMILES string of the molecule is COP1(=O)OCC2O[C@@H](n3cnc4c(N)ncnc43)C(OP(O)(=S)OC[C@H]3O[C@@H](n4cnc5c(N)ncnc54)C(F)C3O1)C2C. The maximum atomic E-state index is 16.1. The maximum absolute atomic E-state index is 16.1. The average molecular weight is 689 g/mol. The van der Waals surface area contributed by atoms with Gasteiger partial charge in [0.05, 0.1) is 32.0 Å². The Morgan fingerprint density at radius 2 is 1.49 bits per heavy atom. The van der Waals surface area contributed by atoms with Crippen molar-refractivity contribution in [1.29, 1.82) is 0 Å². The fourth-order valence-corrected chi connectivity index (χ4v) is 8.11. The van der Waals surface area contributed by atoms with Gasteiger partial charge >= 0.3 is 14.5 Å². The Balaban J connectivity index is 1.22. The lowest BCUT2D eigenvalue weighted by Crippen LogP contribution is -2.34. The highest BCUT2D eigenvalue weighted by Crippen LogP contribution is 2.56. The molecule has 3 fully saturated rings. The molecule has 0 saturated carbocycles. The molecule has 0 radical (unpaired) electrons.